The highest BCUT2D eigenvalue weighted by molar-refractivity contribution is 7.98. The average Bonchev–Trinajstić information content (AvgIpc) is 2.95. The Morgan fingerprint density at radius 1 is 0.769 bits per heavy atom. The molecule has 3 amide bonds. The van der Waals surface area contributed by atoms with Crippen LogP contribution in [-0.2, 0) is 33.8 Å². The van der Waals surface area contributed by atoms with E-state index in [0.717, 1.165) is 16.7 Å². The predicted octanol–water partition coefficient (Wildman–Crippen LogP) is 2.59. The summed E-state index contributed by atoms with van der Waals surface area (Å²) in [6.07, 6.45) is 2.83. The molecule has 0 heterocycles. The van der Waals surface area contributed by atoms with Crippen LogP contribution >= 0.6 is 11.8 Å². The van der Waals surface area contributed by atoms with E-state index < -0.39 is 35.8 Å². The maximum Gasteiger partial charge on any atom is 0.243 e. The van der Waals surface area contributed by atoms with E-state index in [4.69, 9.17) is 16.2 Å². The van der Waals surface area contributed by atoms with E-state index in [-0.39, 0.29) is 12.8 Å². The molecule has 0 bridgehead atoms. The van der Waals surface area contributed by atoms with Crippen molar-refractivity contribution in [3.63, 3.8) is 0 Å². The highest BCUT2D eigenvalue weighted by atomic mass is 32.2. The van der Waals surface area contributed by atoms with E-state index in [9.17, 15) is 14.4 Å². The Hall–Kier alpha value is -3.82. The van der Waals surface area contributed by atoms with Crippen LogP contribution in [0.15, 0.2) is 84.9 Å². The highest BCUT2D eigenvalue weighted by Gasteiger charge is 2.27. The predicted molar refractivity (Wildman–Crippen MR) is 155 cm³/mol. The van der Waals surface area contributed by atoms with Crippen LogP contribution in [0.25, 0.3) is 0 Å². The van der Waals surface area contributed by atoms with Gasteiger partial charge >= 0.3 is 0 Å². The number of rotatable bonds is 15. The van der Waals surface area contributed by atoms with Crippen molar-refractivity contribution in [2.75, 3.05) is 12.0 Å². The van der Waals surface area contributed by atoms with Gasteiger partial charge in [-0.3, -0.25) is 14.4 Å². The standard InChI is InChI=1S/C30H36N4O4S/c1-39-17-16-26(28(32)35)33-30(37)27(19-21-8-4-2-5-9-21)34-29(36)25(31)18-22-12-14-24(15-13-22)38-20-23-10-6-3-7-11-23/h2-15,25-27H,16-20,31H2,1H3,(H2,32,35)(H,33,37)(H,34,36)/t25-,26+,27+/m1/s1. The Kier molecular flexibility index (Phi) is 11.9. The number of carbonyl (C=O) groups is 3. The van der Waals surface area contributed by atoms with Crippen LogP contribution in [0.4, 0.5) is 0 Å². The number of hydrogen-bond donors (Lipinski definition) is 4. The molecule has 39 heavy (non-hydrogen) atoms. The molecule has 9 heteroatoms. The van der Waals surface area contributed by atoms with Gasteiger partial charge in [0.15, 0.2) is 0 Å². The number of amides is 3. The Bertz CT molecular complexity index is 1190. The van der Waals surface area contributed by atoms with Gasteiger partial charge in [0.25, 0.3) is 0 Å². The second-order valence-electron chi connectivity index (χ2n) is 9.22. The largest absolute Gasteiger partial charge is 0.489 e. The van der Waals surface area contributed by atoms with E-state index in [1.54, 1.807) is 11.8 Å². The number of carbonyl (C=O) groups excluding carboxylic acids is 3. The minimum atomic E-state index is -0.921. The molecule has 3 rings (SSSR count). The van der Waals surface area contributed by atoms with Crippen LogP contribution in [0.1, 0.15) is 23.1 Å². The van der Waals surface area contributed by atoms with Crippen molar-refractivity contribution in [1.29, 1.82) is 0 Å². The Morgan fingerprint density at radius 2 is 1.33 bits per heavy atom. The molecule has 0 aliphatic heterocycles. The average molecular weight is 549 g/mol. The number of thioether (sulfide) groups is 1. The summed E-state index contributed by atoms with van der Waals surface area (Å²) in [6, 6.07) is 24.0. The molecule has 0 spiro atoms. The van der Waals surface area contributed by atoms with Crippen LogP contribution in [0.5, 0.6) is 5.75 Å². The van der Waals surface area contributed by atoms with Gasteiger partial charge in [0.2, 0.25) is 17.7 Å². The van der Waals surface area contributed by atoms with Crippen LogP contribution in [0, 0.1) is 0 Å². The van der Waals surface area contributed by atoms with Crippen molar-refractivity contribution in [2.24, 2.45) is 11.5 Å². The van der Waals surface area contributed by atoms with Gasteiger partial charge in [-0.25, -0.2) is 0 Å². The van der Waals surface area contributed by atoms with Crippen LogP contribution in [0.2, 0.25) is 0 Å². The zero-order chi connectivity index (χ0) is 28.0. The van der Waals surface area contributed by atoms with Gasteiger partial charge in [0, 0.05) is 6.42 Å². The molecule has 3 atom stereocenters. The zero-order valence-electron chi connectivity index (χ0n) is 22.0. The summed E-state index contributed by atoms with van der Waals surface area (Å²) in [4.78, 5) is 38.1. The van der Waals surface area contributed by atoms with Gasteiger partial charge in [0.1, 0.15) is 24.4 Å². The van der Waals surface area contributed by atoms with E-state index in [1.807, 2.05) is 91.2 Å². The summed E-state index contributed by atoms with van der Waals surface area (Å²) in [5.41, 5.74) is 14.5. The summed E-state index contributed by atoms with van der Waals surface area (Å²) >= 11 is 1.55. The van der Waals surface area contributed by atoms with E-state index in [1.165, 1.54) is 0 Å². The molecule has 8 nitrogen and oxygen atoms in total. The van der Waals surface area contributed by atoms with Gasteiger partial charge in [-0.1, -0.05) is 72.8 Å². The lowest BCUT2D eigenvalue weighted by atomic mass is 10.0. The molecule has 0 unspecified atom stereocenters. The Morgan fingerprint density at radius 3 is 1.92 bits per heavy atom. The minimum absolute atomic E-state index is 0.243. The lowest BCUT2D eigenvalue weighted by molar-refractivity contribution is -0.131. The molecular formula is C30H36N4O4S. The van der Waals surface area contributed by atoms with Gasteiger partial charge in [0.05, 0.1) is 6.04 Å². The smallest absolute Gasteiger partial charge is 0.243 e. The van der Waals surface area contributed by atoms with Crippen molar-refractivity contribution in [1.82, 2.24) is 10.6 Å². The molecule has 0 radical (unpaired) electrons. The summed E-state index contributed by atoms with van der Waals surface area (Å²) in [5.74, 6) is -0.190. The number of hydrogen-bond acceptors (Lipinski definition) is 6. The molecule has 0 saturated heterocycles. The van der Waals surface area contributed by atoms with Gasteiger partial charge in [-0.2, -0.15) is 11.8 Å². The van der Waals surface area contributed by atoms with E-state index in [2.05, 4.69) is 10.6 Å². The number of ether oxygens (including phenoxy) is 1. The second-order valence-corrected chi connectivity index (χ2v) is 10.2. The first-order valence-electron chi connectivity index (χ1n) is 12.8. The highest BCUT2D eigenvalue weighted by Crippen LogP contribution is 2.15. The normalized spacial score (nSPS) is 13.1. The summed E-state index contributed by atoms with van der Waals surface area (Å²) in [7, 11) is 0. The topological polar surface area (TPSA) is 137 Å². The third-order valence-electron chi connectivity index (χ3n) is 6.15. The van der Waals surface area contributed by atoms with E-state index >= 15 is 0 Å². The number of nitrogens with one attached hydrogen (secondary N) is 2. The summed E-state index contributed by atoms with van der Waals surface area (Å²) < 4.78 is 5.82. The van der Waals surface area contributed by atoms with Gasteiger partial charge in [-0.05, 0) is 53.7 Å². The van der Waals surface area contributed by atoms with Crippen molar-refractivity contribution >= 4 is 29.5 Å². The molecule has 3 aromatic carbocycles. The molecule has 0 aromatic heterocycles. The first-order chi connectivity index (χ1) is 18.9. The van der Waals surface area contributed by atoms with Crippen LogP contribution in [-0.4, -0.2) is 47.9 Å². The van der Waals surface area contributed by atoms with Crippen LogP contribution < -0.4 is 26.8 Å². The van der Waals surface area contributed by atoms with Crippen molar-refractivity contribution in [2.45, 2.75) is 44.0 Å². The Labute approximate surface area is 233 Å². The molecule has 6 N–H and O–H groups in total. The third kappa shape index (κ3) is 10.1. The summed E-state index contributed by atoms with van der Waals surface area (Å²) in [6.45, 7) is 0.459. The second kappa shape index (κ2) is 15.6. The molecule has 0 aliphatic rings. The zero-order valence-corrected chi connectivity index (χ0v) is 22.9. The third-order valence-corrected chi connectivity index (χ3v) is 6.79. The number of nitrogens with two attached hydrogens (primary N) is 2. The maximum atomic E-state index is 13.1. The SMILES string of the molecule is CSCC[C@H](NC(=O)[C@H](Cc1ccccc1)NC(=O)[C@H](N)Cc1ccc(OCc2ccccc2)cc1)C(N)=O. The molecule has 0 saturated carbocycles. The molecule has 0 aliphatic carbocycles. The van der Waals surface area contributed by atoms with Crippen molar-refractivity contribution in [3.05, 3.63) is 102 Å². The fourth-order valence-corrected chi connectivity index (χ4v) is 4.41. The first kappa shape index (κ1) is 29.7. The molecule has 0 fully saturated rings. The molecule has 206 valence electrons. The van der Waals surface area contributed by atoms with Crippen LogP contribution in [0.3, 0.4) is 0 Å². The van der Waals surface area contributed by atoms with Crippen molar-refractivity contribution in [3.8, 4) is 5.75 Å². The first-order valence-corrected chi connectivity index (χ1v) is 14.2. The van der Waals surface area contributed by atoms with E-state index in [0.29, 0.717) is 24.5 Å². The molecule has 3 aromatic rings. The van der Waals surface area contributed by atoms with Crippen molar-refractivity contribution < 1.29 is 19.1 Å². The van der Waals surface area contributed by atoms with Gasteiger partial charge < -0.3 is 26.8 Å². The quantitative estimate of drug-likeness (QED) is 0.230. The lowest BCUT2D eigenvalue weighted by Gasteiger charge is -2.23. The lowest BCUT2D eigenvalue weighted by Crippen LogP contribution is -2.56. The summed E-state index contributed by atoms with van der Waals surface area (Å²) in [5, 5.41) is 5.48. The fourth-order valence-electron chi connectivity index (χ4n) is 3.94. The maximum absolute atomic E-state index is 13.1. The minimum Gasteiger partial charge on any atom is -0.489 e. The van der Waals surface area contributed by atoms with Gasteiger partial charge in [-0.15, -0.1) is 0 Å². The monoisotopic (exact) mass is 548 g/mol. The number of primary amides is 1. The fraction of sp³-hybridized carbons (Fsp3) is 0.300. The molecular weight excluding hydrogens is 512 g/mol. The Balaban J connectivity index is 1.61. The number of benzene rings is 3.